The minimum atomic E-state index is 0.563. The van der Waals surface area contributed by atoms with E-state index in [2.05, 4.69) is 31.1 Å². The quantitative estimate of drug-likeness (QED) is 0.822. The van der Waals surface area contributed by atoms with Crippen LogP contribution in [0.1, 0.15) is 49.6 Å². The van der Waals surface area contributed by atoms with Crippen LogP contribution in [-0.4, -0.2) is 25.6 Å². The molecule has 1 aliphatic rings. The van der Waals surface area contributed by atoms with Crippen molar-refractivity contribution in [2.24, 2.45) is 5.92 Å². The summed E-state index contributed by atoms with van der Waals surface area (Å²) in [5.41, 5.74) is 1.30. The predicted octanol–water partition coefficient (Wildman–Crippen LogP) is 3.22. The molecule has 0 amide bonds. The Morgan fingerprint density at radius 3 is 2.78 bits per heavy atom. The van der Waals surface area contributed by atoms with Crippen molar-refractivity contribution in [2.75, 3.05) is 25.5 Å². The molecular weight excluding hydrogens is 242 g/mol. The lowest BCUT2D eigenvalue weighted by molar-refractivity contribution is 0.690. The van der Waals surface area contributed by atoms with Gasteiger partial charge in [0.25, 0.3) is 0 Å². The van der Waals surface area contributed by atoms with Crippen molar-refractivity contribution >= 4 is 16.5 Å². The minimum absolute atomic E-state index is 0.563. The Morgan fingerprint density at radius 2 is 2.22 bits per heavy atom. The van der Waals surface area contributed by atoms with Crippen LogP contribution in [0.5, 0.6) is 0 Å². The van der Waals surface area contributed by atoms with Crippen LogP contribution in [-0.2, 0) is 6.54 Å². The molecule has 0 saturated heterocycles. The Kier molecular flexibility index (Phi) is 4.62. The maximum atomic E-state index is 4.88. The molecule has 3 nitrogen and oxygen atoms in total. The predicted molar refractivity (Wildman–Crippen MR) is 79.6 cm³/mol. The summed E-state index contributed by atoms with van der Waals surface area (Å²) in [6.07, 6.45) is 3.96. The lowest BCUT2D eigenvalue weighted by atomic mass is 10.0. The third-order valence-corrected chi connectivity index (χ3v) is 4.87. The topological polar surface area (TPSA) is 28.2 Å². The molecule has 1 atom stereocenters. The number of aromatic nitrogens is 1. The van der Waals surface area contributed by atoms with E-state index in [-0.39, 0.29) is 0 Å². The summed E-state index contributed by atoms with van der Waals surface area (Å²) in [4.78, 5) is 8.63. The molecule has 0 radical (unpaired) electrons. The molecule has 1 aliphatic carbocycles. The minimum Gasteiger partial charge on any atom is -0.351 e. The molecule has 102 valence electrons. The molecule has 0 aromatic carbocycles. The standard InChI is InChI=1S/C14H25N3S/c1-5-10(2)13-12(8-15-3)18-14(16-13)17(4)9-11-6-7-11/h10-11,15H,5-9H2,1-4H3. The molecule has 2 rings (SSSR count). The third-order valence-electron chi connectivity index (χ3n) is 3.69. The molecule has 1 aromatic rings. The van der Waals surface area contributed by atoms with Crippen LogP contribution in [0.3, 0.4) is 0 Å². The largest absolute Gasteiger partial charge is 0.351 e. The second-order valence-corrected chi connectivity index (χ2v) is 6.53. The Morgan fingerprint density at radius 1 is 1.50 bits per heavy atom. The van der Waals surface area contributed by atoms with Crippen molar-refractivity contribution in [3.63, 3.8) is 0 Å². The molecule has 1 unspecified atom stereocenters. The molecule has 0 bridgehead atoms. The Balaban J connectivity index is 2.14. The van der Waals surface area contributed by atoms with Crippen LogP contribution in [0, 0.1) is 5.92 Å². The first-order valence-electron chi connectivity index (χ1n) is 7.01. The number of nitrogens with one attached hydrogen (secondary N) is 1. The van der Waals surface area contributed by atoms with E-state index in [1.54, 1.807) is 0 Å². The van der Waals surface area contributed by atoms with Gasteiger partial charge in [0.15, 0.2) is 5.13 Å². The average Bonchev–Trinajstić information content (AvgIpc) is 3.06. The first-order chi connectivity index (χ1) is 8.65. The summed E-state index contributed by atoms with van der Waals surface area (Å²) in [5, 5.41) is 4.46. The van der Waals surface area contributed by atoms with Crippen LogP contribution in [0.15, 0.2) is 0 Å². The fourth-order valence-corrected chi connectivity index (χ4v) is 3.31. The van der Waals surface area contributed by atoms with Gasteiger partial charge in [-0.25, -0.2) is 4.98 Å². The van der Waals surface area contributed by atoms with Gasteiger partial charge in [-0.2, -0.15) is 0 Å². The summed E-state index contributed by atoms with van der Waals surface area (Å²) < 4.78 is 0. The highest BCUT2D eigenvalue weighted by Crippen LogP contribution is 2.35. The van der Waals surface area contributed by atoms with E-state index in [0.29, 0.717) is 5.92 Å². The van der Waals surface area contributed by atoms with Crippen LogP contribution >= 0.6 is 11.3 Å². The molecule has 0 aliphatic heterocycles. The fourth-order valence-electron chi connectivity index (χ4n) is 2.15. The first-order valence-corrected chi connectivity index (χ1v) is 7.82. The monoisotopic (exact) mass is 267 g/mol. The summed E-state index contributed by atoms with van der Waals surface area (Å²) in [5.74, 6) is 1.48. The van der Waals surface area contributed by atoms with E-state index in [1.165, 1.54) is 35.1 Å². The van der Waals surface area contributed by atoms with Crippen molar-refractivity contribution in [3.05, 3.63) is 10.6 Å². The highest BCUT2D eigenvalue weighted by Gasteiger charge is 2.25. The lowest BCUT2D eigenvalue weighted by Gasteiger charge is -2.14. The molecule has 1 saturated carbocycles. The summed E-state index contributed by atoms with van der Waals surface area (Å²) in [6, 6.07) is 0. The summed E-state index contributed by atoms with van der Waals surface area (Å²) in [7, 11) is 4.19. The average molecular weight is 267 g/mol. The second kappa shape index (κ2) is 6.02. The van der Waals surface area contributed by atoms with Gasteiger partial charge in [-0.15, -0.1) is 11.3 Å². The highest BCUT2D eigenvalue weighted by atomic mass is 32.1. The summed E-state index contributed by atoms with van der Waals surface area (Å²) >= 11 is 1.86. The van der Waals surface area contributed by atoms with E-state index >= 15 is 0 Å². The Hall–Kier alpha value is -0.610. The maximum absolute atomic E-state index is 4.88. The van der Waals surface area contributed by atoms with Gasteiger partial charge in [0, 0.05) is 25.0 Å². The zero-order valence-electron chi connectivity index (χ0n) is 12.0. The van der Waals surface area contributed by atoms with E-state index in [0.717, 1.165) is 18.9 Å². The van der Waals surface area contributed by atoms with Crippen LogP contribution in [0.25, 0.3) is 0 Å². The molecule has 4 heteroatoms. The van der Waals surface area contributed by atoms with Crippen LogP contribution in [0.4, 0.5) is 5.13 Å². The SMILES string of the molecule is CCC(C)c1nc(N(C)CC2CC2)sc1CNC. The molecule has 1 fully saturated rings. The normalized spacial score (nSPS) is 16.9. The van der Waals surface area contributed by atoms with Gasteiger partial charge in [0.1, 0.15) is 0 Å². The van der Waals surface area contributed by atoms with Crippen molar-refractivity contribution in [2.45, 2.75) is 45.6 Å². The maximum Gasteiger partial charge on any atom is 0.185 e. The van der Waals surface area contributed by atoms with Gasteiger partial charge < -0.3 is 10.2 Å². The lowest BCUT2D eigenvalue weighted by Crippen LogP contribution is -2.19. The molecule has 1 aromatic heterocycles. The number of hydrogen-bond acceptors (Lipinski definition) is 4. The van der Waals surface area contributed by atoms with Gasteiger partial charge in [0.05, 0.1) is 5.69 Å². The smallest absolute Gasteiger partial charge is 0.185 e. The number of thiazole rings is 1. The van der Waals surface area contributed by atoms with Gasteiger partial charge in [-0.1, -0.05) is 13.8 Å². The number of hydrogen-bond donors (Lipinski definition) is 1. The fraction of sp³-hybridized carbons (Fsp3) is 0.786. The molecule has 1 heterocycles. The molecule has 18 heavy (non-hydrogen) atoms. The van der Waals surface area contributed by atoms with Crippen LogP contribution < -0.4 is 10.2 Å². The highest BCUT2D eigenvalue weighted by molar-refractivity contribution is 7.15. The van der Waals surface area contributed by atoms with Gasteiger partial charge in [0.2, 0.25) is 0 Å². The zero-order chi connectivity index (χ0) is 13.1. The number of rotatable bonds is 7. The molecular formula is C14H25N3S. The van der Waals surface area contributed by atoms with Gasteiger partial charge in [-0.05, 0) is 38.1 Å². The van der Waals surface area contributed by atoms with Crippen LogP contribution in [0.2, 0.25) is 0 Å². The zero-order valence-corrected chi connectivity index (χ0v) is 12.8. The van der Waals surface area contributed by atoms with E-state index < -0.39 is 0 Å². The van der Waals surface area contributed by atoms with Gasteiger partial charge in [-0.3, -0.25) is 0 Å². The Labute approximate surface area is 115 Å². The summed E-state index contributed by atoms with van der Waals surface area (Å²) in [6.45, 7) is 6.63. The Bertz CT molecular complexity index is 384. The van der Waals surface area contributed by atoms with E-state index in [4.69, 9.17) is 4.98 Å². The van der Waals surface area contributed by atoms with Crippen molar-refractivity contribution < 1.29 is 0 Å². The molecule has 0 spiro atoms. The molecule has 1 N–H and O–H groups in total. The van der Waals surface area contributed by atoms with Crippen molar-refractivity contribution in [1.82, 2.24) is 10.3 Å². The third kappa shape index (κ3) is 3.23. The van der Waals surface area contributed by atoms with Crippen molar-refractivity contribution in [1.29, 1.82) is 0 Å². The van der Waals surface area contributed by atoms with Gasteiger partial charge >= 0.3 is 0 Å². The van der Waals surface area contributed by atoms with E-state index in [1.807, 2.05) is 18.4 Å². The first kappa shape index (κ1) is 13.8. The number of anilines is 1. The van der Waals surface area contributed by atoms with E-state index in [9.17, 15) is 0 Å². The number of nitrogens with zero attached hydrogens (tertiary/aromatic N) is 2. The second-order valence-electron chi connectivity index (χ2n) is 5.47. The van der Waals surface area contributed by atoms with Crippen molar-refractivity contribution in [3.8, 4) is 0 Å².